The van der Waals surface area contributed by atoms with E-state index in [1.165, 1.54) is 29.5 Å². The maximum atomic E-state index is 13.9. The van der Waals surface area contributed by atoms with E-state index in [0.717, 1.165) is 74.2 Å². The van der Waals surface area contributed by atoms with Crippen molar-refractivity contribution in [2.75, 3.05) is 38.2 Å². The van der Waals surface area contributed by atoms with Crippen LogP contribution in [0, 0.1) is 16.0 Å². The minimum atomic E-state index is -4.54. The topological polar surface area (TPSA) is 169 Å². The minimum absolute atomic E-state index is 0.0187. The molecule has 13 nitrogen and oxygen atoms in total. The molecule has 59 heavy (non-hydrogen) atoms. The average Bonchev–Trinajstić information content (AvgIpc) is 3.94. The van der Waals surface area contributed by atoms with Gasteiger partial charge in [0.15, 0.2) is 0 Å². The fraction of sp³-hybridized carbons (Fsp3) is 0.378. The second-order valence-corrected chi connectivity index (χ2v) is 17.8. The first-order valence-electron chi connectivity index (χ1n) is 20.5. The highest BCUT2D eigenvalue weighted by Gasteiger charge is 2.32. The predicted octanol–water partition coefficient (Wildman–Crippen LogP) is 8.77. The van der Waals surface area contributed by atoms with Gasteiger partial charge < -0.3 is 19.8 Å². The summed E-state index contributed by atoms with van der Waals surface area (Å²) in [6.07, 6.45) is 11.1. The molecule has 0 spiro atoms. The molecule has 14 heteroatoms. The van der Waals surface area contributed by atoms with Crippen LogP contribution in [0.25, 0.3) is 16.6 Å². The molecule has 3 aliphatic rings. The van der Waals surface area contributed by atoms with Crippen LogP contribution in [0.3, 0.4) is 0 Å². The number of hydrogen-bond acceptors (Lipinski definition) is 10. The molecule has 2 unspecified atom stereocenters. The monoisotopic (exact) mass is 818 g/mol. The first-order valence-corrected chi connectivity index (χ1v) is 21.9. The van der Waals surface area contributed by atoms with Crippen molar-refractivity contribution in [2.24, 2.45) is 5.92 Å². The van der Waals surface area contributed by atoms with Crippen LogP contribution in [-0.4, -0.2) is 73.0 Å². The van der Waals surface area contributed by atoms with Gasteiger partial charge in [0.2, 0.25) is 0 Å². The molecule has 0 saturated carbocycles. The molecule has 0 radical (unpaired) electrons. The molecule has 3 aromatic carbocycles. The summed E-state index contributed by atoms with van der Waals surface area (Å²) in [4.78, 5) is 35.0. The summed E-state index contributed by atoms with van der Waals surface area (Å²) < 4.78 is 41.1. The van der Waals surface area contributed by atoms with Crippen molar-refractivity contribution in [3.63, 3.8) is 0 Å². The Morgan fingerprint density at radius 1 is 1.05 bits per heavy atom. The lowest BCUT2D eigenvalue weighted by molar-refractivity contribution is -0.384. The molecule has 0 bridgehead atoms. The summed E-state index contributed by atoms with van der Waals surface area (Å²) in [6, 6.07) is 21.7. The zero-order valence-electron chi connectivity index (χ0n) is 33.4. The number of carbonyl (C=O) groups excluding carboxylic acids is 1. The Balaban J connectivity index is 1.01. The molecule has 3 N–H and O–H groups in total. The van der Waals surface area contributed by atoms with Crippen LogP contribution in [0.1, 0.15) is 91.3 Å². The van der Waals surface area contributed by atoms with Gasteiger partial charge in [-0.25, -0.2) is 18.1 Å². The van der Waals surface area contributed by atoms with E-state index >= 15 is 0 Å². The Morgan fingerprint density at radius 3 is 2.66 bits per heavy atom. The van der Waals surface area contributed by atoms with Crippen molar-refractivity contribution in [1.82, 2.24) is 19.6 Å². The number of nitro groups is 1. The summed E-state index contributed by atoms with van der Waals surface area (Å²) >= 11 is 0. The summed E-state index contributed by atoms with van der Waals surface area (Å²) in [5.74, 6) is 0.875. The molecule has 1 amide bonds. The first kappa shape index (κ1) is 40.2. The Labute approximate surface area is 344 Å². The molecule has 308 valence electrons. The second-order valence-electron chi connectivity index (χ2n) is 16.1. The second kappa shape index (κ2) is 17.3. The number of carbonyl (C=O) groups is 1. The van der Waals surface area contributed by atoms with E-state index < -0.39 is 31.4 Å². The third-order valence-corrected chi connectivity index (χ3v) is 13.3. The number of fused-ring (bicyclic) bond motifs is 1. The largest absolute Gasteiger partial charge is 0.455 e. The number of hydrogen-bond donors (Lipinski definition) is 3. The highest BCUT2D eigenvalue weighted by Crippen LogP contribution is 2.39. The smallest absolute Gasteiger partial charge is 0.293 e. The molecule has 2 aliphatic heterocycles. The average molecular weight is 819 g/mol. The number of nitrogens with one attached hydrogen (secondary N) is 3. The fourth-order valence-electron chi connectivity index (χ4n) is 8.71. The number of likely N-dealkylation sites (tertiary alicyclic amines) is 1. The lowest BCUT2D eigenvalue weighted by atomic mass is 9.88. The number of benzene rings is 3. The van der Waals surface area contributed by atoms with Gasteiger partial charge in [0, 0.05) is 50.0 Å². The number of pyridine rings is 1. The number of aromatic amines is 1. The summed E-state index contributed by atoms with van der Waals surface area (Å²) in [6.45, 7) is 8.39. The van der Waals surface area contributed by atoms with Crippen LogP contribution >= 0.6 is 0 Å². The number of rotatable bonds is 13. The molecule has 8 rings (SSSR count). The molecule has 4 heterocycles. The Bertz CT molecular complexity index is 2490. The van der Waals surface area contributed by atoms with E-state index in [-0.39, 0.29) is 22.9 Å². The van der Waals surface area contributed by atoms with Crippen molar-refractivity contribution in [1.29, 1.82) is 0 Å². The number of anilines is 1. The van der Waals surface area contributed by atoms with Crippen molar-refractivity contribution >= 4 is 43.9 Å². The number of aromatic nitrogens is 2. The van der Waals surface area contributed by atoms with Gasteiger partial charge in [0.25, 0.3) is 21.6 Å². The van der Waals surface area contributed by atoms with Crippen LogP contribution in [0.5, 0.6) is 11.5 Å². The van der Waals surface area contributed by atoms with Crippen LogP contribution in [-0.2, 0) is 14.8 Å². The molecule has 2 saturated heterocycles. The SMILES string of the molecule is CC(C)c1ccccc1C1CCN(C2CC=C(c3ccc(C(=O)NS(=O)(=O)c4ccc(NCC5CCOCC5)c([N+](=O)[O-])c4)c(Oc4cnc5[nH]ccc5c4)c3)CC2)C1. The van der Waals surface area contributed by atoms with Gasteiger partial charge in [-0.1, -0.05) is 50.3 Å². The number of nitro benzene ring substituents is 1. The van der Waals surface area contributed by atoms with Gasteiger partial charge in [-0.2, -0.15) is 0 Å². The predicted molar refractivity (Wildman–Crippen MR) is 227 cm³/mol. The van der Waals surface area contributed by atoms with Crippen molar-refractivity contribution < 1.29 is 27.6 Å². The van der Waals surface area contributed by atoms with E-state index in [0.29, 0.717) is 49.0 Å². The Morgan fingerprint density at radius 2 is 1.88 bits per heavy atom. The van der Waals surface area contributed by atoms with Crippen molar-refractivity contribution in [3.8, 4) is 11.5 Å². The zero-order valence-corrected chi connectivity index (χ0v) is 34.2. The van der Waals surface area contributed by atoms with E-state index in [4.69, 9.17) is 9.47 Å². The van der Waals surface area contributed by atoms with Gasteiger partial charge in [-0.15, -0.1) is 0 Å². The molecule has 1 aliphatic carbocycles. The number of amides is 1. The van der Waals surface area contributed by atoms with E-state index in [2.05, 4.69) is 69.1 Å². The molecular weight excluding hydrogens is 769 g/mol. The normalized spacial score (nSPS) is 19.1. The van der Waals surface area contributed by atoms with Crippen molar-refractivity contribution in [2.45, 2.75) is 75.1 Å². The van der Waals surface area contributed by atoms with E-state index in [1.54, 1.807) is 24.4 Å². The molecule has 2 aromatic heterocycles. The minimum Gasteiger partial charge on any atom is -0.455 e. The maximum Gasteiger partial charge on any atom is 0.293 e. The molecular formula is C45H50N6O7S. The first-order chi connectivity index (χ1) is 28.5. The molecule has 5 aromatic rings. The van der Waals surface area contributed by atoms with Crippen molar-refractivity contribution in [3.05, 3.63) is 124 Å². The highest BCUT2D eigenvalue weighted by atomic mass is 32.2. The third-order valence-electron chi connectivity index (χ3n) is 12.0. The van der Waals surface area contributed by atoms with Gasteiger partial charge in [0.1, 0.15) is 22.8 Å². The Kier molecular flexibility index (Phi) is 11.8. The number of nitrogens with zero attached hydrogens (tertiary/aromatic N) is 3. The Hall–Kier alpha value is -5.57. The van der Waals surface area contributed by atoms with Crippen LogP contribution in [0.2, 0.25) is 0 Å². The number of sulfonamides is 1. The number of ether oxygens (including phenoxy) is 2. The summed E-state index contributed by atoms with van der Waals surface area (Å²) in [5.41, 5.74) is 5.36. The third kappa shape index (κ3) is 9.04. The van der Waals surface area contributed by atoms with E-state index in [1.807, 2.05) is 12.1 Å². The lowest BCUT2D eigenvalue weighted by Crippen LogP contribution is -2.34. The van der Waals surface area contributed by atoms with Crippen LogP contribution < -0.4 is 14.8 Å². The summed E-state index contributed by atoms with van der Waals surface area (Å²) in [7, 11) is -4.54. The van der Waals surface area contributed by atoms with Gasteiger partial charge in [-0.3, -0.25) is 19.8 Å². The fourth-order valence-corrected chi connectivity index (χ4v) is 9.70. The summed E-state index contributed by atoms with van der Waals surface area (Å²) in [5, 5.41) is 16.0. The zero-order chi connectivity index (χ0) is 41.1. The van der Waals surface area contributed by atoms with Gasteiger partial charge >= 0.3 is 0 Å². The van der Waals surface area contributed by atoms with Crippen LogP contribution in [0.15, 0.2) is 96.2 Å². The molecule has 2 atom stereocenters. The standard InChI is InChI=1S/C45H50N6O7S/c1-29(2)38-5-3-4-6-39(38)34-16-20-50(28-34)35-10-7-31(8-11-35)32-9-13-40(43(24-32)58-36-23-33-15-19-46-44(33)48-27-36)45(52)49-59(55,56)37-12-14-41(42(25-37)51(53)54)47-26-30-17-21-57-22-18-30/h3-7,9,12-15,19,23-25,27,29-30,34-35,47H,8,10-11,16-18,20-22,26,28H2,1-2H3,(H,46,48)(H,49,52). The maximum absolute atomic E-state index is 13.9. The van der Waals surface area contributed by atoms with Crippen LogP contribution in [0.4, 0.5) is 11.4 Å². The van der Waals surface area contributed by atoms with Gasteiger partial charge in [-0.05, 0) is 121 Å². The molecule has 2 fully saturated rings. The number of H-pyrrole nitrogens is 1. The lowest BCUT2D eigenvalue weighted by Gasteiger charge is -2.31. The highest BCUT2D eigenvalue weighted by molar-refractivity contribution is 7.90. The number of allylic oxidation sites excluding steroid dienone is 1. The van der Waals surface area contributed by atoms with Gasteiger partial charge in [0.05, 0.1) is 21.6 Å². The quantitative estimate of drug-likeness (QED) is 0.0772. The van der Waals surface area contributed by atoms with E-state index in [9.17, 15) is 23.3 Å².